The molecule has 1 aliphatic rings. The van der Waals surface area contributed by atoms with Crippen LogP contribution in [0.1, 0.15) is 30.6 Å². The number of carbonyl (C=O) groups excluding carboxylic acids is 1. The van der Waals surface area contributed by atoms with Crippen molar-refractivity contribution < 1.29 is 14.3 Å². The maximum Gasteiger partial charge on any atom is 0.168 e. The molecule has 1 aromatic rings. The van der Waals surface area contributed by atoms with Gasteiger partial charge in [0.05, 0.1) is 12.7 Å². The highest BCUT2D eigenvalue weighted by atomic mass is 16.5. The van der Waals surface area contributed by atoms with Crippen LogP contribution in [0, 0.1) is 5.92 Å². The van der Waals surface area contributed by atoms with Gasteiger partial charge >= 0.3 is 0 Å². The van der Waals surface area contributed by atoms with Gasteiger partial charge in [0.1, 0.15) is 5.75 Å². The molecule has 1 atom stereocenters. The van der Waals surface area contributed by atoms with Crippen LogP contribution in [0.4, 0.5) is 0 Å². The zero-order chi connectivity index (χ0) is 12.3. The maximum atomic E-state index is 12.1. The average molecular weight is 234 g/mol. The van der Waals surface area contributed by atoms with Gasteiger partial charge in [-0.1, -0.05) is 0 Å². The van der Waals surface area contributed by atoms with Crippen LogP contribution in [0.2, 0.25) is 0 Å². The molecule has 1 saturated heterocycles. The van der Waals surface area contributed by atoms with E-state index in [4.69, 9.17) is 9.47 Å². The number of ketones is 1. The van der Waals surface area contributed by atoms with Crippen LogP contribution in [-0.4, -0.2) is 25.1 Å². The van der Waals surface area contributed by atoms with Crippen molar-refractivity contribution >= 4 is 5.78 Å². The zero-order valence-electron chi connectivity index (χ0n) is 10.3. The van der Waals surface area contributed by atoms with Crippen LogP contribution in [0.15, 0.2) is 24.3 Å². The predicted octanol–water partition coefficient (Wildman–Crippen LogP) is 2.69. The lowest BCUT2D eigenvalue weighted by molar-refractivity contribution is 0.0900. The zero-order valence-corrected chi connectivity index (χ0v) is 10.3. The van der Waals surface area contributed by atoms with E-state index < -0.39 is 0 Å². The van der Waals surface area contributed by atoms with E-state index in [0.29, 0.717) is 13.2 Å². The molecule has 0 spiro atoms. The summed E-state index contributed by atoms with van der Waals surface area (Å²) in [6.07, 6.45) is 0.989. The van der Waals surface area contributed by atoms with Gasteiger partial charge in [-0.3, -0.25) is 4.79 Å². The third-order valence-corrected chi connectivity index (χ3v) is 2.81. The Morgan fingerprint density at radius 1 is 1.35 bits per heavy atom. The molecule has 0 aliphatic carbocycles. The van der Waals surface area contributed by atoms with Gasteiger partial charge in [0.2, 0.25) is 0 Å². The third-order valence-electron chi connectivity index (χ3n) is 2.81. The summed E-state index contributed by atoms with van der Waals surface area (Å²) in [5.74, 6) is 1.02. The summed E-state index contributed by atoms with van der Waals surface area (Å²) >= 11 is 0. The molecule has 0 N–H and O–H groups in total. The van der Waals surface area contributed by atoms with Crippen molar-refractivity contribution in [2.45, 2.75) is 26.4 Å². The Morgan fingerprint density at radius 2 is 2.06 bits per heavy atom. The van der Waals surface area contributed by atoms with E-state index in [1.807, 2.05) is 38.1 Å². The molecule has 0 bridgehead atoms. The van der Waals surface area contributed by atoms with Crippen LogP contribution >= 0.6 is 0 Å². The molecular formula is C14H18O3. The second kappa shape index (κ2) is 5.32. The minimum absolute atomic E-state index is 0.0341. The second-order valence-corrected chi connectivity index (χ2v) is 4.62. The van der Waals surface area contributed by atoms with E-state index >= 15 is 0 Å². The number of rotatable bonds is 4. The fourth-order valence-electron chi connectivity index (χ4n) is 1.95. The second-order valence-electron chi connectivity index (χ2n) is 4.62. The fraction of sp³-hybridized carbons (Fsp3) is 0.500. The first-order chi connectivity index (χ1) is 8.16. The van der Waals surface area contributed by atoms with E-state index in [2.05, 4.69) is 0 Å². The molecule has 3 heteroatoms. The predicted molar refractivity (Wildman–Crippen MR) is 65.5 cm³/mol. The van der Waals surface area contributed by atoms with Crippen molar-refractivity contribution in [2.75, 3.05) is 13.2 Å². The van der Waals surface area contributed by atoms with Gasteiger partial charge < -0.3 is 9.47 Å². The summed E-state index contributed by atoms with van der Waals surface area (Å²) in [5, 5.41) is 0. The number of Topliss-reactive ketones (excluding diaryl/α,β-unsaturated/α-hetero) is 1. The third kappa shape index (κ3) is 3.07. The summed E-state index contributed by atoms with van der Waals surface area (Å²) in [4.78, 5) is 12.1. The molecule has 1 heterocycles. The lowest BCUT2D eigenvalue weighted by Gasteiger charge is -2.11. The van der Waals surface area contributed by atoms with Gasteiger partial charge in [0.15, 0.2) is 5.78 Å². The minimum atomic E-state index is 0.0341. The number of ether oxygens (including phenoxy) is 2. The van der Waals surface area contributed by atoms with Gasteiger partial charge in [-0.2, -0.15) is 0 Å². The molecule has 1 aliphatic heterocycles. The Morgan fingerprint density at radius 3 is 2.59 bits per heavy atom. The van der Waals surface area contributed by atoms with Crippen molar-refractivity contribution in [3.63, 3.8) is 0 Å². The number of benzene rings is 1. The van der Waals surface area contributed by atoms with Gasteiger partial charge in [0.25, 0.3) is 0 Å². The van der Waals surface area contributed by atoms with E-state index in [1.54, 1.807) is 0 Å². The molecule has 1 fully saturated rings. The van der Waals surface area contributed by atoms with Crippen LogP contribution in [0.3, 0.4) is 0 Å². The van der Waals surface area contributed by atoms with Gasteiger partial charge in [0, 0.05) is 18.1 Å². The van der Waals surface area contributed by atoms with E-state index in [0.717, 1.165) is 17.7 Å². The highest BCUT2D eigenvalue weighted by molar-refractivity contribution is 5.98. The Balaban J connectivity index is 2.04. The summed E-state index contributed by atoms with van der Waals surface area (Å²) in [5.41, 5.74) is 0.747. The average Bonchev–Trinajstić information content (AvgIpc) is 2.82. The number of hydrogen-bond donors (Lipinski definition) is 0. The van der Waals surface area contributed by atoms with E-state index in [-0.39, 0.29) is 17.8 Å². The molecule has 2 rings (SSSR count). The summed E-state index contributed by atoms with van der Waals surface area (Å²) in [6, 6.07) is 7.36. The SMILES string of the molecule is CC(C)Oc1ccc(C(=O)C2CCOC2)cc1. The van der Waals surface area contributed by atoms with Crippen LogP contribution < -0.4 is 4.74 Å². The molecule has 0 amide bonds. The molecule has 0 aromatic heterocycles. The Kier molecular flexibility index (Phi) is 3.79. The minimum Gasteiger partial charge on any atom is -0.491 e. The standard InChI is InChI=1S/C14H18O3/c1-10(2)17-13-5-3-11(4-6-13)14(15)12-7-8-16-9-12/h3-6,10,12H,7-9H2,1-2H3. The van der Waals surface area contributed by atoms with Gasteiger partial charge in [-0.05, 0) is 44.5 Å². The van der Waals surface area contributed by atoms with Gasteiger partial charge in [-0.15, -0.1) is 0 Å². The first kappa shape index (κ1) is 12.1. The first-order valence-electron chi connectivity index (χ1n) is 6.05. The molecule has 1 unspecified atom stereocenters. The van der Waals surface area contributed by atoms with Crippen LogP contribution in [0.25, 0.3) is 0 Å². The monoisotopic (exact) mass is 234 g/mol. The Hall–Kier alpha value is -1.35. The summed E-state index contributed by atoms with van der Waals surface area (Å²) < 4.78 is 10.8. The van der Waals surface area contributed by atoms with Crippen molar-refractivity contribution in [3.05, 3.63) is 29.8 Å². The van der Waals surface area contributed by atoms with Crippen molar-refractivity contribution in [3.8, 4) is 5.75 Å². The quantitative estimate of drug-likeness (QED) is 0.751. The molecule has 0 radical (unpaired) electrons. The topological polar surface area (TPSA) is 35.5 Å². The van der Waals surface area contributed by atoms with Crippen LogP contribution in [0.5, 0.6) is 5.75 Å². The normalized spacial score (nSPS) is 19.6. The largest absolute Gasteiger partial charge is 0.491 e. The van der Waals surface area contributed by atoms with Crippen molar-refractivity contribution in [1.29, 1.82) is 0 Å². The molecule has 1 aromatic carbocycles. The number of carbonyl (C=O) groups is 1. The molecule has 0 saturated carbocycles. The molecule has 17 heavy (non-hydrogen) atoms. The van der Waals surface area contributed by atoms with Gasteiger partial charge in [-0.25, -0.2) is 0 Å². The molecule has 3 nitrogen and oxygen atoms in total. The lowest BCUT2D eigenvalue weighted by atomic mass is 9.97. The Bertz CT molecular complexity index is 375. The van der Waals surface area contributed by atoms with E-state index in [9.17, 15) is 4.79 Å². The lowest BCUT2D eigenvalue weighted by Crippen LogP contribution is -2.14. The molecule has 92 valence electrons. The summed E-state index contributed by atoms with van der Waals surface area (Å²) in [7, 11) is 0. The first-order valence-corrected chi connectivity index (χ1v) is 6.05. The van der Waals surface area contributed by atoms with Crippen LogP contribution in [-0.2, 0) is 4.74 Å². The summed E-state index contributed by atoms with van der Waals surface area (Å²) in [6.45, 7) is 5.22. The smallest absolute Gasteiger partial charge is 0.168 e. The van der Waals surface area contributed by atoms with E-state index in [1.165, 1.54) is 0 Å². The highest BCUT2D eigenvalue weighted by Crippen LogP contribution is 2.20. The van der Waals surface area contributed by atoms with Crippen molar-refractivity contribution in [2.24, 2.45) is 5.92 Å². The Labute approximate surface area is 102 Å². The highest BCUT2D eigenvalue weighted by Gasteiger charge is 2.24. The van der Waals surface area contributed by atoms with Crippen molar-refractivity contribution in [1.82, 2.24) is 0 Å². The maximum absolute atomic E-state index is 12.1. The molecular weight excluding hydrogens is 216 g/mol. The number of hydrogen-bond acceptors (Lipinski definition) is 3. The fourth-order valence-corrected chi connectivity index (χ4v) is 1.95.